The smallest absolute Gasteiger partial charge is 0.302 e. The van der Waals surface area contributed by atoms with Gasteiger partial charge in [0.05, 0.1) is 6.61 Å². The van der Waals surface area contributed by atoms with Crippen LogP contribution in [0, 0.1) is 0 Å². The van der Waals surface area contributed by atoms with Gasteiger partial charge in [-0.15, -0.1) is 0 Å². The first-order chi connectivity index (χ1) is 7.77. The summed E-state index contributed by atoms with van der Waals surface area (Å²) in [6, 6.07) is 0. The van der Waals surface area contributed by atoms with Crippen LogP contribution < -0.4 is 0 Å². The lowest BCUT2D eigenvalue weighted by molar-refractivity contribution is -0.141. The maximum absolute atomic E-state index is 10.5. The molecule has 0 radical (unpaired) electrons. The molecule has 0 bridgehead atoms. The van der Waals surface area contributed by atoms with Crippen LogP contribution in [0.4, 0.5) is 0 Å². The normalized spacial score (nSPS) is 9.76. The van der Waals surface area contributed by atoms with Crippen molar-refractivity contribution in [1.82, 2.24) is 0 Å². The quantitative estimate of drug-likeness (QED) is 0.323. The molecule has 0 aliphatic carbocycles. The first kappa shape index (κ1) is 19.3. The average Bonchev–Trinajstić information content (AvgIpc) is 2.25. The van der Waals surface area contributed by atoms with Gasteiger partial charge in [0.25, 0.3) is 0 Å². The van der Waals surface area contributed by atoms with E-state index in [-0.39, 0.29) is 23.3 Å². The van der Waals surface area contributed by atoms with E-state index in [9.17, 15) is 4.79 Å². The number of rotatable bonds is 11. The Morgan fingerprint density at radius 1 is 0.824 bits per heavy atom. The Labute approximate surface area is 118 Å². The molecular formula is C14H31AlO2. The first-order valence-corrected chi connectivity index (χ1v) is 6.90. The molecule has 0 N–H and O–H groups in total. The van der Waals surface area contributed by atoms with Gasteiger partial charge in [-0.3, -0.25) is 4.79 Å². The number of hydrogen-bond donors (Lipinski definition) is 0. The van der Waals surface area contributed by atoms with E-state index in [4.69, 9.17) is 4.74 Å². The van der Waals surface area contributed by atoms with Crippen LogP contribution in [0.2, 0.25) is 0 Å². The van der Waals surface area contributed by atoms with Crippen LogP contribution in [0.25, 0.3) is 0 Å². The minimum absolute atomic E-state index is 0. The highest BCUT2D eigenvalue weighted by Crippen LogP contribution is 2.10. The second-order valence-electron chi connectivity index (χ2n) is 4.52. The lowest BCUT2D eigenvalue weighted by Gasteiger charge is -2.02. The monoisotopic (exact) mass is 258 g/mol. The summed E-state index contributed by atoms with van der Waals surface area (Å²) in [6.45, 7) is 4.32. The number of carbonyl (C=O) groups excluding carboxylic acids is 1. The molecule has 0 fully saturated rings. The van der Waals surface area contributed by atoms with Crippen molar-refractivity contribution >= 4 is 23.3 Å². The summed E-state index contributed by atoms with van der Waals surface area (Å²) < 4.78 is 4.87. The van der Waals surface area contributed by atoms with E-state index in [1.807, 2.05) is 0 Å². The molecule has 0 aromatic heterocycles. The molecular weight excluding hydrogens is 227 g/mol. The lowest BCUT2D eigenvalue weighted by atomic mass is 10.1. The highest BCUT2D eigenvalue weighted by molar-refractivity contribution is 5.75. The molecule has 0 saturated carbocycles. The fourth-order valence-corrected chi connectivity index (χ4v) is 1.81. The highest BCUT2D eigenvalue weighted by Gasteiger charge is 1.94. The van der Waals surface area contributed by atoms with Crippen molar-refractivity contribution < 1.29 is 9.53 Å². The van der Waals surface area contributed by atoms with Crippen molar-refractivity contribution in [3.05, 3.63) is 0 Å². The first-order valence-electron chi connectivity index (χ1n) is 6.90. The molecule has 0 saturated heterocycles. The third kappa shape index (κ3) is 18.6. The minimum atomic E-state index is -0.157. The summed E-state index contributed by atoms with van der Waals surface area (Å²) in [5.74, 6) is -0.157. The third-order valence-corrected chi connectivity index (χ3v) is 2.80. The second kappa shape index (κ2) is 16.0. The zero-order valence-electron chi connectivity index (χ0n) is 11.1. The third-order valence-electron chi connectivity index (χ3n) is 2.80. The van der Waals surface area contributed by atoms with Gasteiger partial charge in [-0.25, -0.2) is 0 Å². The fourth-order valence-electron chi connectivity index (χ4n) is 1.81. The van der Waals surface area contributed by atoms with Gasteiger partial charge in [-0.1, -0.05) is 64.7 Å². The Balaban J connectivity index is 0. The summed E-state index contributed by atoms with van der Waals surface area (Å²) >= 11 is 0. The fraction of sp³-hybridized carbons (Fsp3) is 0.929. The predicted octanol–water partition coefficient (Wildman–Crippen LogP) is 3.29. The largest absolute Gasteiger partial charge is 0.466 e. The molecule has 102 valence electrons. The van der Waals surface area contributed by atoms with Crippen molar-refractivity contribution in [2.75, 3.05) is 6.61 Å². The van der Waals surface area contributed by atoms with Gasteiger partial charge in [-0.05, 0) is 6.42 Å². The molecule has 0 rings (SSSR count). The number of esters is 1. The number of carbonyl (C=O) groups is 1. The maximum atomic E-state index is 10.5. The summed E-state index contributed by atoms with van der Waals surface area (Å²) in [6.07, 6.45) is 13.1. The van der Waals surface area contributed by atoms with Gasteiger partial charge in [-0.2, -0.15) is 0 Å². The van der Waals surface area contributed by atoms with Gasteiger partial charge >= 0.3 is 5.97 Å². The molecule has 0 amide bonds. The van der Waals surface area contributed by atoms with Crippen LogP contribution in [0.1, 0.15) is 78.1 Å². The molecule has 3 heteroatoms. The summed E-state index contributed by atoms with van der Waals surface area (Å²) in [4.78, 5) is 10.5. The Hall–Kier alpha value is 0.00247. The molecule has 17 heavy (non-hydrogen) atoms. The Morgan fingerprint density at radius 2 is 1.24 bits per heavy atom. The molecule has 0 spiro atoms. The molecule has 0 aromatic rings. The molecule has 0 atom stereocenters. The van der Waals surface area contributed by atoms with E-state index in [0.717, 1.165) is 6.42 Å². The standard InChI is InChI=1S/C14H28O2.Al.3H/c1-3-4-5-6-7-8-9-10-11-12-13-16-14(2)15;;;;/h3-13H2,1-2H3;;;;. The zero-order valence-corrected chi connectivity index (χ0v) is 11.1. The number of hydrogen-bond acceptors (Lipinski definition) is 2. The van der Waals surface area contributed by atoms with E-state index >= 15 is 0 Å². The van der Waals surface area contributed by atoms with Gasteiger partial charge in [0.15, 0.2) is 17.4 Å². The number of ether oxygens (including phenoxy) is 1. The zero-order chi connectivity index (χ0) is 12.1. The van der Waals surface area contributed by atoms with E-state index in [2.05, 4.69) is 6.92 Å². The van der Waals surface area contributed by atoms with Gasteiger partial charge in [0.2, 0.25) is 0 Å². The topological polar surface area (TPSA) is 26.3 Å². The van der Waals surface area contributed by atoms with Crippen LogP contribution in [-0.2, 0) is 9.53 Å². The van der Waals surface area contributed by atoms with Crippen molar-refractivity contribution in [3.8, 4) is 0 Å². The average molecular weight is 258 g/mol. The van der Waals surface area contributed by atoms with Crippen LogP contribution in [0.15, 0.2) is 0 Å². The van der Waals surface area contributed by atoms with Crippen LogP contribution >= 0.6 is 0 Å². The maximum Gasteiger partial charge on any atom is 0.302 e. The van der Waals surface area contributed by atoms with Crippen molar-refractivity contribution in [3.63, 3.8) is 0 Å². The van der Waals surface area contributed by atoms with E-state index in [1.54, 1.807) is 0 Å². The predicted molar refractivity (Wildman–Crippen MR) is 78.4 cm³/mol. The molecule has 0 heterocycles. The Morgan fingerprint density at radius 3 is 1.65 bits per heavy atom. The Bertz CT molecular complexity index is 160. The summed E-state index contributed by atoms with van der Waals surface area (Å²) in [5.41, 5.74) is 0. The highest BCUT2D eigenvalue weighted by atomic mass is 27.0. The Kier molecular flexibility index (Phi) is 18.2. The van der Waals surface area contributed by atoms with E-state index in [1.165, 1.54) is 64.7 Å². The molecule has 0 unspecified atom stereocenters. The number of unbranched alkanes of at least 4 members (excludes halogenated alkanes) is 9. The van der Waals surface area contributed by atoms with E-state index in [0.29, 0.717) is 6.61 Å². The minimum Gasteiger partial charge on any atom is -0.466 e. The van der Waals surface area contributed by atoms with Crippen LogP contribution in [0.3, 0.4) is 0 Å². The second-order valence-corrected chi connectivity index (χ2v) is 4.52. The van der Waals surface area contributed by atoms with Gasteiger partial charge in [0, 0.05) is 6.92 Å². The van der Waals surface area contributed by atoms with E-state index < -0.39 is 0 Å². The molecule has 0 aliphatic heterocycles. The van der Waals surface area contributed by atoms with Gasteiger partial charge < -0.3 is 4.74 Å². The van der Waals surface area contributed by atoms with Crippen LogP contribution in [0.5, 0.6) is 0 Å². The summed E-state index contributed by atoms with van der Waals surface area (Å²) in [7, 11) is 0. The molecule has 0 aliphatic rings. The molecule has 0 aromatic carbocycles. The van der Waals surface area contributed by atoms with Crippen LogP contribution in [-0.4, -0.2) is 29.9 Å². The molecule has 2 nitrogen and oxygen atoms in total. The van der Waals surface area contributed by atoms with Crippen molar-refractivity contribution in [1.29, 1.82) is 0 Å². The SMILES string of the molecule is CCCCCCCCCCCCOC(C)=O.[AlH3]. The summed E-state index contributed by atoms with van der Waals surface area (Å²) in [5, 5.41) is 0. The van der Waals surface area contributed by atoms with Crippen molar-refractivity contribution in [2.45, 2.75) is 78.1 Å². The van der Waals surface area contributed by atoms with Crippen molar-refractivity contribution in [2.24, 2.45) is 0 Å². The van der Waals surface area contributed by atoms with Gasteiger partial charge in [0.1, 0.15) is 0 Å². The lowest BCUT2D eigenvalue weighted by Crippen LogP contribution is -2.00.